The van der Waals surface area contributed by atoms with E-state index in [2.05, 4.69) is 4.98 Å². The molecule has 0 saturated heterocycles. The van der Waals surface area contributed by atoms with Gasteiger partial charge in [0, 0.05) is 12.1 Å². The summed E-state index contributed by atoms with van der Waals surface area (Å²) in [6.45, 7) is 0.340. The Morgan fingerprint density at radius 1 is 1.13 bits per heavy atom. The van der Waals surface area contributed by atoms with Gasteiger partial charge in [0.15, 0.2) is 6.10 Å². The van der Waals surface area contributed by atoms with Crippen molar-refractivity contribution in [3.63, 3.8) is 0 Å². The van der Waals surface area contributed by atoms with Crippen LogP contribution >= 0.6 is 0 Å². The molecule has 1 atom stereocenters. The molecule has 0 radical (unpaired) electrons. The fraction of sp³-hybridized carbons (Fsp3) is 0.267. The molecule has 0 aliphatic rings. The molecule has 23 heavy (non-hydrogen) atoms. The second-order valence-electron chi connectivity index (χ2n) is 4.67. The standard InChI is InChI=1S/C15H14F4N2O2/c16-10-3-1-9(2-4-10)13-12(23-8-7-20)6-5-11(21-13)14(22)15(17,18)19/h1-6,14,22H,7-8,20H2. The summed E-state index contributed by atoms with van der Waals surface area (Å²) in [5.74, 6) is -0.301. The molecule has 1 heterocycles. The van der Waals surface area contributed by atoms with Crippen molar-refractivity contribution in [3.8, 4) is 17.0 Å². The van der Waals surface area contributed by atoms with E-state index in [-0.39, 0.29) is 24.6 Å². The fourth-order valence-electron chi connectivity index (χ4n) is 1.88. The monoisotopic (exact) mass is 330 g/mol. The molecule has 124 valence electrons. The number of rotatable bonds is 5. The van der Waals surface area contributed by atoms with Crippen LogP contribution in [0.15, 0.2) is 36.4 Å². The van der Waals surface area contributed by atoms with Crippen molar-refractivity contribution in [2.24, 2.45) is 5.73 Å². The van der Waals surface area contributed by atoms with Crippen LogP contribution in [-0.4, -0.2) is 29.4 Å². The first kappa shape index (κ1) is 17.2. The van der Waals surface area contributed by atoms with E-state index in [0.717, 1.165) is 18.2 Å². The lowest BCUT2D eigenvalue weighted by Gasteiger charge is -2.17. The third kappa shape index (κ3) is 4.17. The van der Waals surface area contributed by atoms with Crippen LogP contribution in [0.25, 0.3) is 11.3 Å². The summed E-state index contributed by atoms with van der Waals surface area (Å²) >= 11 is 0. The predicted molar refractivity (Wildman–Crippen MR) is 75.2 cm³/mol. The molecule has 3 N–H and O–H groups in total. The van der Waals surface area contributed by atoms with Crippen molar-refractivity contribution in [2.75, 3.05) is 13.2 Å². The molecule has 4 nitrogen and oxygen atoms in total. The van der Waals surface area contributed by atoms with E-state index in [4.69, 9.17) is 10.5 Å². The lowest BCUT2D eigenvalue weighted by Crippen LogP contribution is -2.21. The first-order chi connectivity index (χ1) is 10.8. The lowest BCUT2D eigenvalue weighted by molar-refractivity contribution is -0.207. The fourth-order valence-corrected chi connectivity index (χ4v) is 1.88. The lowest BCUT2D eigenvalue weighted by atomic mass is 10.1. The van der Waals surface area contributed by atoms with E-state index >= 15 is 0 Å². The normalized spacial score (nSPS) is 13.0. The van der Waals surface area contributed by atoms with Crippen molar-refractivity contribution in [3.05, 3.63) is 47.9 Å². The van der Waals surface area contributed by atoms with Gasteiger partial charge < -0.3 is 15.6 Å². The van der Waals surface area contributed by atoms with E-state index in [1.54, 1.807) is 0 Å². The first-order valence-electron chi connectivity index (χ1n) is 6.67. The molecule has 1 aromatic heterocycles. The van der Waals surface area contributed by atoms with Gasteiger partial charge in [0.2, 0.25) is 0 Å². The highest BCUT2D eigenvalue weighted by Crippen LogP contribution is 2.35. The summed E-state index contributed by atoms with van der Waals surface area (Å²) in [5, 5.41) is 9.33. The van der Waals surface area contributed by atoms with Crippen LogP contribution in [0.3, 0.4) is 0 Å². The molecule has 8 heteroatoms. The SMILES string of the molecule is NCCOc1ccc(C(O)C(F)(F)F)nc1-c1ccc(F)cc1. The molecule has 0 spiro atoms. The highest BCUT2D eigenvalue weighted by Gasteiger charge is 2.40. The molecule has 1 aromatic carbocycles. The van der Waals surface area contributed by atoms with Crippen LogP contribution in [0.5, 0.6) is 5.75 Å². The zero-order valence-corrected chi connectivity index (χ0v) is 11.8. The average Bonchev–Trinajstić information content (AvgIpc) is 2.52. The maximum atomic E-state index is 13.0. The minimum atomic E-state index is -4.84. The molecule has 0 fully saturated rings. The summed E-state index contributed by atoms with van der Waals surface area (Å²) in [5.41, 5.74) is 5.19. The van der Waals surface area contributed by atoms with E-state index in [0.29, 0.717) is 5.56 Å². The largest absolute Gasteiger partial charge is 0.490 e. The summed E-state index contributed by atoms with van der Waals surface area (Å²) in [4.78, 5) is 3.83. The number of halogens is 4. The third-order valence-electron chi connectivity index (χ3n) is 2.96. The number of pyridine rings is 1. The zero-order valence-electron chi connectivity index (χ0n) is 11.8. The van der Waals surface area contributed by atoms with Crippen LogP contribution in [-0.2, 0) is 0 Å². The Labute approximate surface area is 129 Å². The van der Waals surface area contributed by atoms with Gasteiger partial charge in [0.05, 0.1) is 5.69 Å². The van der Waals surface area contributed by atoms with Crippen molar-refractivity contribution < 1.29 is 27.4 Å². The van der Waals surface area contributed by atoms with Crippen molar-refractivity contribution in [1.82, 2.24) is 4.98 Å². The summed E-state index contributed by atoms with van der Waals surface area (Å²) in [7, 11) is 0. The molecular formula is C15H14F4N2O2. The Hall–Kier alpha value is -2.19. The van der Waals surface area contributed by atoms with Crippen LogP contribution in [0.4, 0.5) is 17.6 Å². The third-order valence-corrected chi connectivity index (χ3v) is 2.96. The van der Waals surface area contributed by atoms with Crippen LogP contribution in [0.1, 0.15) is 11.8 Å². The van der Waals surface area contributed by atoms with Gasteiger partial charge in [-0.25, -0.2) is 9.37 Å². The van der Waals surface area contributed by atoms with Crippen molar-refractivity contribution in [2.45, 2.75) is 12.3 Å². The molecule has 0 bridgehead atoms. The molecule has 0 amide bonds. The number of nitrogens with zero attached hydrogens (tertiary/aromatic N) is 1. The smallest absolute Gasteiger partial charge is 0.420 e. The average molecular weight is 330 g/mol. The molecule has 0 saturated carbocycles. The van der Waals surface area contributed by atoms with Gasteiger partial charge in [0.1, 0.15) is 23.9 Å². The quantitative estimate of drug-likeness (QED) is 0.827. The molecular weight excluding hydrogens is 316 g/mol. The highest BCUT2D eigenvalue weighted by molar-refractivity contribution is 5.66. The van der Waals surface area contributed by atoms with Gasteiger partial charge in [0.25, 0.3) is 0 Å². The minimum Gasteiger partial charge on any atom is -0.490 e. The van der Waals surface area contributed by atoms with Gasteiger partial charge in [-0.3, -0.25) is 0 Å². The maximum Gasteiger partial charge on any atom is 0.420 e. The van der Waals surface area contributed by atoms with E-state index in [1.807, 2.05) is 0 Å². The molecule has 1 unspecified atom stereocenters. The molecule has 2 rings (SSSR count). The number of aliphatic hydroxyl groups excluding tert-OH is 1. The van der Waals surface area contributed by atoms with Gasteiger partial charge in [-0.2, -0.15) is 13.2 Å². The number of hydrogen-bond acceptors (Lipinski definition) is 4. The summed E-state index contributed by atoms with van der Waals surface area (Å²) < 4.78 is 56.3. The van der Waals surface area contributed by atoms with Crippen molar-refractivity contribution >= 4 is 0 Å². The van der Waals surface area contributed by atoms with Crippen LogP contribution in [0.2, 0.25) is 0 Å². The number of nitrogens with two attached hydrogens (primary N) is 1. The zero-order chi connectivity index (χ0) is 17.0. The maximum absolute atomic E-state index is 13.0. The topological polar surface area (TPSA) is 68.4 Å². The van der Waals surface area contributed by atoms with Gasteiger partial charge in [-0.05, 0) is 36.4 Å². The number of benzene rings is 1. The van der Waals surface area contributed by atoms with E-state index in [1.165, 1.54) is 18.2 Å². The van der Waals surface area contributed by atoms with Gasteiger partial charge in [-0.15, -0.1) is 0 Å². The Bertz CT molecular complexity index is 660. The second-order valence-corrected chi connectivity index (χ2v) is 4.67. The number of hydrogen-bond donors (Lipinski definition) is 2. The molecule has 0 aliphatic carbocycles. The second kappa shape index (κ2) is 6.93. The first-order valence-corrected chi connectivity index (χ1v) is 6.67. The molecule has 2 aromatic rings. The Balaban J connectivity index is 2.48. The number of ether oxygens (including phenoxy) is 1. The van der Waals surface area contributed by atoms with Gasteiger partial charge >= 0.3 is 6.18 Å². The Kier molecular flexibility index (Phi) is 5.17. The summed E-state index contributed by atoms with van der Waals surface area (Å²) in [6.07, 6.45) is -7.56. The highest BCUT2D eigenvalue weighted by atomic mass is 19.4. The Morgan fingerprint density at radius 2 is 1.78 bits per heavy atom. The Morgan fingerprint density at radius 3 is 2.35 bits per heavy atom. The molecule has 0 aliphatic heterocycles. The van der Waals surface area contributed by atoms with Crippen molar-refractivity contribution in [1.29, 1.82) is 0 Å². The predicted octanol–water partition coefficient (Wildman–Crippen LogP) is 2.82. The van der Waals surface area contributed by atoms with E-state index in [9.17, 15) is 22.7 Å². The van der Waals surface area contributed by atoms with Gasteiger partial charge in [-0.1, -0.05) is 0 Å². The number of alkyl halides is 3. The van der Waals surface area contributed by atoms with Crippen LogP contribution < -0.4 is 10.5 Å². The van der Waals surface area contributed by atoms with Crippen LogP contribution in [0, 0.1) is 5.82 Å². The summed E-state index contributed by atoms with van der Waals surface area (Å²) in [6, 6.07) is 7.31. The number of aliphatic hydroxyl groups is 1. The minimum absolute atomic E-state index is 0.0688. The van der Waals surface area contributed by atoms with E-state index < -0.39 is 23.8 Å². The number of aromatic nitrogens is 1.